The number of aliphatic hydroxyl groups is 1. The van der Waals surface area contributed by atoms with Gasteiger partial charge in [0.1, 0.15) is 5.75 Å². The van der Waals surface area contributed by atoms with Crippen LogP contribution in [-0.4, -0.2) is 44.5 Å². The highest BCUT2D eigenvalue weighted by molar-refractivity contribution is 9.10. The standard InChI is InChI=1S/C14H20BrNO4/c1-19-9-11(8-17)16-14(18)6-4-10-3-5-13(20-2)12(15)7-10/h3,5,7,11,17H,4,6,8-9H2,1-2H3,(H,16,18). The number of nitrogens with one attached hydrogen (secondary N) is 1. The maximum Gasteiger partial charge on any atom is 0.220 e. The summed E-state index contributed by atoms with van der Waals surface area (Å²) in [4.78, 5) is 11.8. The summed E-state index contributed by atoms with van der Waals surface area (Å²) in [5.41, 5.74) is 1.04. The van der Waals surface area contributed by atoms with Crippen molar-refractivity contribution < 1.29 is 19.4 Å². The summed E-state index contributed by atoms with van der Waals surface area (Å²) < 4.78 is 10.9. The van der Waals surface area contributed by atoms with E-state index in [1.165, 1.54) is 7.11 Å². The van der Waals surface area contributed by atoms with E-state index in [1.807, 2.05) is 18.2 Å². The predicted molar refractivity (Wildman–Crippen MR) is 79.9 cm³/mol. The zero-order valence-electron chi connectivity index (χ0n) is 11.7. The molecule has 0 aliphatic heterocycles. The lowest BCUT2D eigenvalue weighted by Gasteiger charge is -2.15. The number of halogens is 1. The van der Waals surface area contributed by atoms with Crippen LogP contribution in [0.2, 0.25) is 0 Å². The summed E-state index contributed by atoms with van der Waals surface area (Å²) in [6.07, 6.45) is 0.985. The second-order valence-electron chi connectivity index (χ2n) is 4.37. The Labute approximate surface area is 127 Å². The zero-order valence-corrected chi connectivity index (χ0v) is 13.3. The SMILES string of the molecule is COCC(CO)NC(=O)CCc1ccc(OC)c(Br)c1. The molecule has 0 spiro atoms. The Morgan fingerprint density at radius 3 is 2.75 bits per heavy atom. The van der Waals surface area contributed by atoms with Gasteiger partial charge in [-0.2, -0.15) is 0 Å². The molecule has 0 heterocycles. The number of carbonyl (C=O) groups is 1. The predicted octanol–water partition coefficient (Wildman–Crippen LogP) is 1.51. The molecule has 1 unspecified atom stereocenters. The van der Waals surface area contributed by atoms with Crippen LogP contribution in [0.25, 0.3) is 0 Å². The van der Waals surface area contributed by atoms with Crippen LogP contribution in [0.4, 0.5) is 0 Å². The summed E-state index contributed by atoms with van der Waals surface area (Å²) in [5.74, 6) is 0.659. The number of hydrogen-bond donors (Lipinski definition) is 2. The van der Waals surface area contributed by atoms with Crippen LogP contribution in [0.5, 0.6) is 5.75 Å². The van der Waals surface area contributed by atoms with Gasteiger partial charge in [-0.15, -0.1) is 0 Å². The van der Waals surface area contributed by atoms with Crippen LogP contribution < -0.4 is 10.1 Å². The van der Waals surface area contributed by atoms with Crippen LogP contribution in [0.3, 0.4) is 0 Å². The van der Waals surface area contributed by atoms with E-state index in [4.69, 9.17) is 14.6 Å². The summed E-state index contributed by atoms with van der Waals surface area (Å²) >= 11 is 3.41. The van der Waals surface area contributed by atoms with Crippen molar-refractivity contribution in [3.63, 3.8) is 0 Å². The molecule has 0 radical (unpaired) electrons. The van der Waals surface area contributed by atoms with Crippen molar-refractivity contribution >= 4 is 21.8 Å². The van der Waals surface area contributed by atoms with Gasteiger partial charge in [0.15, 0.2) is 0 Å². The van der Waals surface area contributed by atoms with Gasteiger partial charge >= 0.3 is 0 Å². The largest absolute Gasteiger partial charge is 0.496 e. The normalized spacial score (nSPS) is 12.0. The lowest BCUT2D eigenvalue weighted by atomic mass is 10.1. The third-order valence-corrected chi connectivity index (χ3v) is 3.43. The minimum absolute atomic E-state index is 0.104. The van der Waals surface area contributed by atoms with E-state index in [-0.39, 0.29) is 18.6 Å². The molecule has 5 nitrogen and oxygen atoms in total. The van der Waals surface area contributed by atoms with Crippen molar-refractivity contribution in [2.24, 2.45) is 0 Å². The van der Waals surface area contributed by atoms with Gasteiger partial charge < -0.3 is 19.9 Å². The number of aryl methyl sites for hydroxylation is 1. The summed E-state index contributed by atoms with van der Waals surface area (Å²) in [5, 5.41) is 11.8. The molecule has 20 heavy (non-hydrogen) atoms. The van der Waals surface area contributed by atoms with Crippen molar-refractivity contribution in [1.82, 2.24) is 5.32 Å². The van der Waals surface area contributed by atoms with Gasteiger partial charge in [-0.3, -0.25) is 4.79 Å². The minimum Gasteiger partial charge on any atom is -0.496 e. The van der Waals surface area contributed by atoms with Gasteiger partial charge in [0, 0.05) is 13.5 Å². The molecule has 1 rings (SSSR count). The molecule has 0 aliphatic carbocycles. The molecule has 1 amide bonds. The van der Waals surface area contributed by atoms with E-state index in [2.05, 4.69) is 21.2 Å². The maximum atomic E-state index is 11.8. The Morgan fingerprint density at radius 2 is 2.20 bits per heavy atom. The molecular formula is C14H20BrNO4. The van der Waals surface area contributed by atoms with Crippen molar-refractivity contribution in [3.8, 4) is 5.75 Å². The number of benzene rings is 1. The number of aliphatic hydroxyl groups excluding tert-OH is 1. The third-order valence-electron chi connectivity index (χ3n) is 2.81. The molecule has 112 valence electrons. The Kier molecular flexibility index (Phi) is 7.58. The van der Waals surface area contributed by atoms with Gasteiger partial charge in [0.05, 0.1) is 30.8 Å². The fraction of sp³-hybridized carbons (Fsp3) is 0.500. The molecule has 2 N–H and O–H groups in total. The van der Waals surface area contributed by atoms with Crippen molar-refractivity contribution in [3.05, 3.63) is 28.2 Å². The molecule has 0 fully saturated rings. The third kappa shape index (κ3) is 5.48. The average Bonchev–Trinajstić information content (AvgIpc) is 2.44. The van der Waals surface area contributed by atoms with Gasteiger partial charge in [-0.25, -0.2) is 0 Å². The first-order valence-electron chi connectivity index (χ1n) is 6.32. The van der Waals surface area contributed by atoms with E-state index in [0.29, 0.717) is 19.4 Å². The van der Waals surface area contributed by atoms with Crippen molar-refractivity contribution in [2.45, 2.75) is 18.9 Å². The lowest BCUT2D eigenvalue weighted by Crippen LogP contribution is -2.40. The van der Waals surface area contributed by atoms with E-state index in [1.54, 1.807) is 7.11 Å². The first-order valence-corrected chi connectivity index (χ1v) is 7.11. The number of amides is 1. The Bertz CT molecular complexity index is 439. The van der Waals surface area contributed by atoms with E-state index in [9.17, 15) is 4.79 Å². The molecule has 0 saturated heterocycles. The highest BCUT2D eigenvalue weighted by Gasteiger charge is 2.11. The van der Waals surface area contributed by atoms with Crippen LogP contribution >= 0.6 is 15.9 Å². The fourth-order valence-corrected chi connectivity index (χ4v) is 2.35. The molecule has 0 aliphatic rings. The van der Waals surface area contributed by atoms with E-state index in [0.717, 1.165) is 15.8 Å². The number of rotatable bonds is 8. The number of methoxy groups -OCH3 is 2. The van der Waals surface area contributed by atoms with E-state index >= 15 is 0 Å². The van der Waals surface area contributed by atoms with Crippen molar-refractivity contribution in [2.75, 3.05) is 27.4 Å². The molecule has 0 saturated carbocycles. The second kappa shape index (κ2) is 8.94. The zero-order chi connectivity index (χ0) is 15.0. The quantitative estimate of drug-likeness (QED) is 0.749. The smallest absolute Gasteiger partial charge is 0.220 e. The van der Waals surface area contributed by atoms with Gasteiger partial charge in [0.2, 0.25) is 5.91 Å². The summed E-state index contributed by atoms with van der Waals surface area (Å²) in [6, 6.07) is 5.37. The van der Waals surface area contributed by atoms with E-state index < -0.39 is 0 Å². The van der Waals surface area contributed by atoms with Crippen LogP contribution in [0, 0.1) is 0 Å². The first-order chi connectivity index (χ1) is 9.60. The molecule has 0 bridgehead atoms. The number of carbonyl (C=O) groups excluding carboxylic acids is 1. The van der Waals surface area contributed by atoms with Crippen LogP contribution in [0.1, 0.15) is 12.0 Å². The molecule has 1 aromatic carbocycles. The number of hydrogen-bond acceptors (Lipinski definition) is 4. The fourth-order valence-electron chi connectivity index (χ4n) is 1.76. The Hall–Kier alpha value is -1.11. The first kappa shape index (κ1) is 16.9. The van der Waals surface area contributed by atoms with Crippen molar-refractivity contribution in [1.29, 1.82) is 0 Å². The van der Waals surface area contributed by atoms with Crippen LogP contribution in [-0.2, 0) is 16.0 Å². The van der Waals surface area contributed by atoms with Gasteiger partial charge in [0.25, 0.3) is 0 Å². The maximum absolute atomic E-state index is 11.8. The Balaban J connectivity index is 2.46. The minimum atomic E-state index is -0.352. The number of ether oxygens (including phenoxy) is 2. The monoisotopic (exact) mass is 345 g/mol. The van der Waals surface area contributed by atoms with Gasteiger partial charge in [-0.1, -0.05) is 6.07 Å². The molecular weight excluding hydrogens is 326 g/mol. The average molecular weight is 346 g/mol. The molecule has 6 heteroatoms. The molecule has 1 atom stereocenters. The summed E-state index contributed by atoms with van der Waals surface area (Å²) in [6.45, 7) is 0.171. The van der Waals surface area contributed by atoms with Gasteiger partial charge in [-0.05, 0) is 40.0 Å². The molecule has 1 aromatic rings. The highest BCUT2D eigenvalue weighted by atomic mass is 79.9. The lowest BCUT2D eigenvalue weighted by molar-refractivity contribution is -0.122. The second-order valence-corrected chi connectivity index (χ2v) is 5.23. The highest BCUT2D eigenvalue weighted by Crippen LogP contribution is 2.25. The Morgan fingerprint density at radius 1 is 1.45 bits per heavy atom. The van der Waals surface area contributed by atoms with Crippen LogP contribution in [0.15, 0.2) is 22.7 Å². The summed E-state index contributed by atoms with van der Waals surface area (Å²) in [7, 11) is 3.14. The molecule has 0 aromatic heterocycles. The topological polar surface area (TPSA) is 67.8 Å².